The van der Waals surface area contributed by atoms with Crippen LogP contribution in [-0.2, 0) is 4.74 Å². The number of nitrogens with zero attached hydrogens (tertiary/aromatic N) is 3. The van der Waals surface area contributed by atoms with Gasteiger partial charge in [-0.2, -0.15) is 4.98 Å². The molecule has 4 aromatic rings. The van der Waals surface area contributed by atoms with Crippen molar-refractivity contribution >= 4 is 39.9 Å². The topological polar surface area (TPSA) is 167 Å². The number of amides is 3. The molecule has 0 bridgehead atoms. The number of hydrogen-bond acceptors (Lipinski definition) is 10. The van der Waals surface area contributed by atoms with Crippen molar-refractivity contribution in [3.05, 3.63) is 65.9 Å². The minimum atomic E-state index is -1.00. The maximum absolute atomic E-state index is 14.7. The molecule has 0 radical (unpaired) electrons. The molecule has 0 saturated heterocycles. The van der Waals surface area contributed by atoms with Crippen LogP contribution in [0.5, 0.6) is 5.75 Å². The van der Waals surface area contributed by atoms with Crippen LogP contribution < -0.4 is 26.4 Å². The first-order valence-electron chi connectivity index (χ1n) is 12.2. The molecule has 15 heteroatoms. The fourth-order valence-corrected chi connectivity index (χ4v) is 4.62. The van der Waals surface area contributed by atoms with Crippen LogP contribution in [0.4, 0.5) is 30.2 Å². The lowest BCUT2D eigenvalue weighted by molar-refractivity contribution is 0.102. The summed E-state index contributed by atoms with van der Waals surface area (Å²) in [7, 11) is 1.45. The molecule has 0 saturated carbocycles. The predicted octanol–water partition coefficient (Wildman–Crippen LogP) is 4.80. The Morgan fingerprint density at radius 1 is 1.17 bits per heavy atom. The first kappa shape index (κ1) is 27.5. The van der Waals surface area contributed by atoms with E-state index in [1.165, 1.54) is 19.2 Å². The zero-order valence-electron chi connectivity index (χ0n) is 21.4. The highest BCUT2D eigenvalue weighted by Crippen LogP contribution is 2.36. The summed E-state index contributed by atoms with van der Waals surface area (Å²) >= 11 is 0.962. The van der Waals surface area contributed by atoms with Crippen LogP contribution in [0, 0.1) is 11.6 Å². The number of nitrogen functional groups attached to an aromatic ring is 1. The van der Waals surface area contributed by atoms with Gasteiger partial charge in [0.05, 0.1) is 31.2 Å². The molecule has 212 valence electrons. The standard InChI is InChI=1S/C26H23F2N7O5S/c1-38-14-7-4-5-13(9-14)23(36)31-19-10-16(17(27)11-18(19)28)22-33-24(40-35-22)20-21(29)32-26(41-20)34-25(37)30-12-15-6-2-3-8-39-15/h3-5,7-11,15H,2,6,12,29H2,1H3,(H,31,36)(H2,30,32,34,37). The van der Waals surface area contributed by atoms with Gasteiger partial charge in [0.2, 0.25) is 5.82 Å². The number of anilines is 3. The van der Waals surface area contributed by atoms with E-state index in [2.05, 4.69) is 31.1 Å². The molecular formula is C26H23F2N7O5S. The van der Waals surface area contributed by atoms with E-state index in [4.69, 9.17) is 19.7 Å². The second-order valence-electron chi connectivity index (χ2n) is 8.70. The SMILES string of the molecule is COc1cccc(C(=O)Nc2cc(-c3noc(-c4sc(NC(=O)NCC5CCC=CO5)nc4N)n3)c(F)cc2F)c1. The van der Waals surface area contributed by atoms with E-state index in [9.17, 15) is 18.4 Å². The average molecular weight is 584 g/mol. The van der Waals surface area contributed by atoms with Crippen molar-refractivity contribution < 1.29 is 32.4 Å². The van der Waals surface area contributed by atoms with Crippen molar-refractivity contribution in [2.45, 2.75) is 18.9 Å². The fourth-order valence-electron chi connectivity index (χ4n) is 3.82. The number of thiazole rings is 1. The van der Waals surface area contributed by atoms with E-state index in [1.807, 2.05) is 6.08 Å². The predicted molar refractivity (Wildman–Crippen MR) is 146 cm³/mol. The van der Waals surface area contributed by atoms with E-state index in [0.717, 1.165) is 30.2 Å². The summed E-state index contributed by atoms with van der Waals surface area (Å²) in [5.41, 5.74) is 5.65. The molecule has 0 aliphatic carbocycles. The van der Waals surface area contributed by atoms with E-state index in [1.54, 1.807) is 18.4 Å². The van der Waals surface area contributed by atoms with Crippen LogP contribution >= 0.6 is 11.3 Å². The summed E-state index contributed by atoms with van der Waals surface area (Å²) in [6.45, 7) is 0.308. The minimum absolute atomic E-state index is 0.00734. The molecule has 1 atom stereocenters. The smallest absolute Gasteiger partial charge is 0.321 e. The summed E-state index contributed by atoms with van der Waals surface area (Å²) in [5.74, 6) is -2.52. The van der Waals surface area contributed by atoms with E-state index in [-0.39, 0.29) is 50.5 Å². The third kappa shape index (κ3) is 6.41. The van der Waals surface area contributed by atoms with Crippen molar-refractivity contribution in [2.75, 3.05) is 30.0 Å². The van der Waals surface area contributed by atoms with Gasteiger partial charge in [-0.05, 0) is 43.2 Å². The number of methoxy groups -OCH3 is 1. The monoisotopic (exact) mass is 583 g/mol. The molecule has 2 aromatic carbocycles. The van der Waals surface area contributed by atoms with Gasteiger partial charge in [0, 0.05) is 11.6 Å². The second kappa shape index (κ2) is 12.0. The van der Waals surface area contributed by atoms with E-state index >= 15 is 0 Å². The summed E-state index contributed by atoms with van der Waals surface area (Å²) < 4.78 is 45.0. The highest BCUT2D eigenvalue weighted by Gasteiger charge is 2.22. The number of carbonyl (C=O) groups excluding carboxylic acids is 2. The maximum Gasteiger partial charge on any atom is 0.321 e. The maximum atomic E-state index is 14.7. The molecule has 12 nitrogen and oxygen atoms in total. The second-order valence-corrected chi connectivity index (χ2v) is 9.70. The molecule has 1 unspecified atom stereocenters. The summed E-state index contributed by atoms with van der Waals surface area (Å²) in [6.07, 6.45) is 5.05. The number of urea groups is 1. The first-order chi connectivity index (χ1) is 19.8. The van der Waals surface area contributed by atoms with Gasteiger partial charge in [0.15, 0.2) is 5.13 Å². The third-order valence-electron chi connectivity index (χ3n) is 5.88. The fraction of sp³-hybridized carbons (Fsp3) is 0.192. The van der Waals surface area contributed by atoms with Crippen LogP contribution in [-0.4, -0.2) is 46.8 Å². The Balaban J connectivity index is 1.30. The zero-order chi connectivity index (χ0) is 28.9. The number of benzene rings is 2. The molecule has 2 aromatic heterocycles. The highest BCUT2D eigenvalue weighted by molar-refractivity contribution is 7.19. The zero-order valence-corrected chi connectivity index (χ0v) is 22.3. The van der Waals surface area contributed by atoms with Crippen molar-refractivity contribution in [3.63, 3.8) is 0 Å². The number of nitrogens with two attached hydrogens (primary N) is 1. The Kier molecular flexibility index (Phi) is 8.05. The largest absolute Gasteiger partial charge is 0.497 e. The number of hydrogen-bond donors (Lipinski definition) is 4. The van der Waals surface area contributed by atoms with Crippen molar-refractivity contribution in [1.82, 2.24) is 20.4 Å². The molecule has 41 heavy (non-hydrogen) atoms. The van der Waals surface area contributed by atoms with Gasteiger partial charge < -0.3 is 30.4 Å². The van der Waals surface area contributed by atoms with Crippen LogP contribution in [0.2, 0.25) is 0 Å². The Morgan fingerprint density at radius 3 is 2.80 bits per heavy atom. The highest BCUT2D eigenvalue weighted by atomic mass is 32.1. The number of allylic oxidation sites excluding steroid dienone is 1. The van der Waals surface area contributed by atoms with Gasteiger partial charge in [0.1, 0.15) is 34.2 Å². The minimum Gasteiger partial charge on any atom is -0.497 e. The number of ether oxygens (including phenoxy) is 2. The van der Waals surface area contributed by atoms with Crippen LogP contribution in [0.15, 0.2) is 53.3 Å². The lowest BCUT2D eigenvalue weighted by Crippen LogP contribution is -2.36. The normalized spacial score (nSPS) is 14.3. The van der Waals surface area contributed by atoms with Crippen LogP contribution in [0.25, 0.3) is 22.2 Å². The quantitative estimate of drug-likeness (QED) is 0.228. The van der Waals surface area contributed by atoms with Crippen molar-refractivity contribution in [3.8, 4) is 27.9 Å². The van der Waals surface area contributed by atoms with Gasteiger partial charge in [-0.15, -0.1) is 0 Å². The van der Waals surface area contributed by atoms with E-state index < -0.39 is 23.6 Å². The first-order valence-corrected chi connectivity index (χ1v) is 13.0. The Morgan fingerprint density at radius 2 is 2.02 bits per heavy atom. The number of rotatable bonds is 8. The number of carbonyl (C=O) groups is 2. The van der Waals surface area contributed by atoms with Crippen LogP contribution in [0.1, 0.15) is 23.2 Å². The molecule has 5 rings (SSSR count). The average Bonchev–Trinajstić information content (AvgIpc) is 3.60. The summed E-state index contributed by atoms with van der Waals surface area (Å²) in [4.78, 5) is 33.4. The molecule has 1 aliphatic heterocycles. The Bertz CT molecular complexity index is 1620. The lowest BCUT2D eigenvalue weighted by Gasteiger charge is -2.19. The lowest BCUT2D eigenvalue weighted by atomic mass is 10.1. The van der Waals surface area contributed by atoms with Gasteiger partial charge in [-0.3, -0.25) is 10.1 Å². The van der Waals surface area contributed by atoms with Crippen molar-refractivity contribution in [1.29, 1.82) is 0 Å². The van der Waals surface area contributed by atoms with Gasteiger partial charge in [0.25, 0.3) is 11.8 Å². The number of halogens is 2. The van der Waals surface area contributed by atoms with Gasteiger partial charge in [-0.25, -0.2) is 18.6 Å². The van der Waals surface area contributed by atoms with Gasteiger partial charge >= 0.3 is 6.03 Å². The molecule has 5 N–H and O–H groups in total. The van der Waals surface area contributed by atoms with Crippen LogP contribution in [0.3, 0.4) is 0 Å². The molecule has 0 spiro atoms. The van der Waals surface area contributed by atoms with E-state index in [0.29, 0.717) is 18.4 Å². The third-order valence-corrected chi connectivity index (χ3v) is 6.86. The Labute approximate surface area is 235 Å². The van der Waals surface area contributed by atoms with Crippen molar-refractivity contribution in [2.24, 2.45) is 0 Å². The summed E-state index contributed by atoms with van der Waals surface area (Å²) in [5, 5.41) is 11.6. The van der Waals surface area contributed by atoms with Gasteiger partial charge in [-0.1, -0.05) is 22.6 Å². The number of aromatic nitrogens is 3. The molecular weight excluding hydrogens is 560 g/mol. The summed E-state index contributed by atoms with van der Waals surface area (Å²) in [6, 6.07) is 7.38. The molecule has 0 fully saturated rings. The molecule has 1 aliphatic rings. The molecule has 3 heterocycles. The molecule has 3 amide bonds. The Hall–Kier alpha value is -5.05. The number of nitrogens with one attached hydrogen (secondary N) is 3.